The van der Waals surface area contributed by atoms with Gasteiger partial charge in [-0.3, -0.25) is 4.79 Å². The van der Waals surface area contributed by atoms with E-state index in [1.807, 2.05) is 0 Å². The second-order valence-corrected chi connectivity index (χ2v) is 3.64. The first-order valence-corrected chi connectivity index (χ1v) is 4.98. The average molecular weight is 198 g/mol. The molecule has 3 N–H and O–H groups in total. The third-order valence-electron chi connectivity index (χ3n) is 2.61. The molecule has 0 saturated carbocycles. The van der Waals surface area contributed by atoms with E-state index >= 15 is 0 Å². The molecular formula is C10H18N2O2. The molecule has 0 aromatic rings. The summed E-state index contributed by atoms with van der Waals surface area (Å²) in [5.41, 5.74) is 5.68. The Morgan fingerprint density at radius 2 is 2.50 bits per heavy atom. The molecule has 1 unspecified atom stereocenters. The van der Waals surface area contributed by atoms with E-state index in [-0.39, 0.29) is 18.6 Å². The molecule has 1 amide bonds. The molecule has 1 heterocycles. The number of amides is 1. The monoisotopic (exact) mass is 198 g/mol. The van der Waals surface area contributed by atoms with Crippen molar-refractivity contribution in [3.8, 4) is 0 Å². The highest BCUT2D eigenvalue weighted by Crippen LogP contribution is 2.17. The summed E-state index contributed by atoms with van der Waals surface area (Å²) in [6.45, 7) is 4.30. The zero-order valence-electron chi connectivity index (χ0n) is 8.35. The van der Waals surface area contributed by atoms with Crippen LogP contribution in [0.1, 0.15) is 19.3 Å². The van der Waals surface area contributed by atoms with Crippen LogP contribution in [0.4, 0.5) is 0 Å². The standard InChI is InChI=1S/C10H18N2O2/c1-2-4-9(11)10(14)12-6-3-5-8(12)7-13/h2,8-9,13H,1,3-7,11H2/t8-,9?/m0/s1. The summed E-state index contributed by atoms with van der Waals surface area (Å²) >= 11 is 0. The molecule has 2 atom stereocenters. The van der Waals surface area contributed by atoms with Gasteiger partial charge in [-0.25, -0.2) is 0 Å². The highest BCUT2D eigenvalue weighted by Gasteiger charge is 2.30. The molecule has 1 fully saturated rings. The Hall–Kier alpha value is -0.870. The number of nitrogens with two attached hydrogens (primary N) is 1. The second-order valence-electron chi connectivity index (χ2n) is 3.64. The third kappa shape index (κ3) is 2.33. The van der Waals surface area contributed by atoms with Crippen molar-refractivity contribution in [2.45, 2.75) is 31.3 Å². The minimum atomic E-state index is -0.500. The average Bonchev–Trinajstić information content (AvgIpc) is 2.64. The van der Waals surface area contributed by atoms with Gasteiger partial charge in [0, 0.05) is 6.54 Å². The van der Waals surface area contributed by atoms with Crippen molar-refractivity contribution in [1.82, 2.24) is 4.90 Å². The number of rotatable bonds is 4. The summed E-state index contributed by atoms with van der Waals surface area (Å²) in [5.74, 6) is -0.0681. The molecule has 0 bridgehead atoms. The van der Waals surface area contributed by atoms with Gasteiger partial charge in [0.25, 0.3) is 0 Å². The maximum atomic E-state index is 11.7. The van der Waals surface area contributed by atoms with E-state index in [1.54, 1.807) is 11.0 Å². The molecule has 1 saturated heterocycles. The van der Waals surface area contributed by atoms with Gasteiger partial charge < -0.3 is 15.7 Å². The van der Waals surface area contributed by atoms with Crippen LogP contribution in [0.25, 0.3) is 0 Å². The smallest absolute Gasteiger partial charge is 0.240 e. The molecule has 1 aliphatic rings. The Kier molecular flexibility index (Phi) is 4.10. The summed E-state index contributed by atoms with van der Waals surface area (Å²) in [5, 5.41) is 9.04. The number of likely N-dealkylation sites (tertiary alicyclic amines) is 1. The number of aliphatic hydroxyl groups is 1. The van der Waals surface area contributed by atoms with E-state index in [2.05, 4.69) is 6.58 Å². The molecule has 1 rings (SSSR count). The van der Waals surface area contributed by atoms with Crippen LogP contribution in [0.5, 0.6) is 0 Å². The topological polar surface area (TPSA) is 66.6 Å². The van der Waals surface area contributed by atoms with Crippen LogP contribution >= 0.6 is 0 Å². The molecule has 0 radical (unpaired) electrons. The Labute approximate surface area is 84.4 Å². The third-order valence-corrected chi connectivity index (χ3v) is 2.61. The Balaban J connectivity index is 2.54. The molecule has 0 aliphatic carbocycles. The maximum Gasteiger partial charge on any atom is 0.240 e. The number of aliphatic hydroxyl groups excluding tert-OH is 1. The van der Waals surface area contributed by atoms with Crippen LogP contribution in [0, 0.1) is 0 Å². The van der Waals surface area contributed by atoms with Crippen LogP contribution in [0.2, 0.25) is 0 Å². The summed E-state index contributed by atoms with van der Waals surface area (Å²) < 4.78 is 0. The minimum Gasteiger partial charge on any atom is -0.394 e. The molecule has 4 nitrogen and oxygen atoms in total. The first kappa shape index (κ1) is 11.2. The Morgan fingerprint density at radius 3 is 3.07 bits per heavy atom. The van der Waals surface area contributed by atoms with E-state index in [4.69, 9.17) is 10.8 Å². The minimum absolute atomic E-state index is 0.0293. The lowest BCUT2D eigenvalue weighted by atomic mass is 10.1. The lowest BCUT2D eigenvalue weighted by molar-refractivity contribution is -0.134. The highest BCUT2D eigenvalue weighted by atomic mass is 16.3. The van der Waals surface area contributed by atoms with Crippen molar-refractivity contribution in [3.63, 3.8) is 0 Å². The van der Waals surface area contributed by atoms with E-state index in [0.717, 1.165) is 19.4 Å². The predicted octanol–water partition coefficient (Wildman–Crippen LogP) is -0.127. The van der Waals surface area contributed by atoms with Crippen LogP contribution in [-0.2, 0) is 4.79 Å². The van der Waals surface area contributed by atoms with Gasteiger partial charge in [0.15, 0.2) is 0 Å². The van der Waals surface area contributed by atoms with Crippen molar-refractivity contribution < 1.29 is 9.90 Å². The summed E-state index contributed by atoms with van der Waals surface area (Å²) in [6, 6.07) is -0.530. The highest BCUT2D eigenvalue weighted by molar-refractivity contribution is 5.82. The first-order chi connectivity index (χ1) is 6.70. The van der Waals surface area contributed by atoms with Crippen molar-refractivity contribution in [2.24, 2.45) is 5.73 Å². The largest absolute Gasteiger partial charge is 0.394 e. The molecule has 4 heteroatoms. The first-order valence-electron chi connectivity index (χ1n) is 4.98. The van der Waals surface area contributed by atoms with Gasteiger partial charge in [-0.1, -0.05) is 6.08 Å². The molecule has 80 valence electrons. The van der Waals surface area contributed by atoms with Gasteiger partial charge in [0.1, 0.15) is 0 Å². The van der Waals surface area contributed by atoms with Crippen LogP contribution in [-0.4, -0.2) is 41.1 Å². The predicted molar refractivity (Wildman–Crippen MR) is 54.6 cm³/mol. The maximum absolute atomic E-state index is 11.7. The SMILES string of the molecule is C=CCC(N)C(=O)N1CCC[C@H]1CO. The molecule has 0 aromatic heterocycles. The molecule has 1 aliphatic heterocycles. The van der Waals surface area contributed by atoms with Crippen molar-refractivity contribution in [2.75, 3.05) is 13.2 Å². The lowest BCUT2D eigenvalue weighted by Crippen LogP contribution is -2.46. The van der Waals surface area contributed by atoms with Gasteiger partial charge in [-0.2, -0.15) is 0 Å². The normalized spacial score (nSPS) is 23.6. The fourth-order valence-corrected chi connectivity index (χ4v) is 1.81. The molecule has 0 spiro atoms. The quantitative estimate of drug-likeness (QED) is 0.618. The van der Waals surface area contributed by atoms with E-state index in [0.29, 0.717) is 6.42 Å². The van der Waals surface area contributed by atoms with Gasteiger partial charge >= 0.3 is 0 Å². The molecular weight excluding hydrogens is 180 g/mol. The summed E-state index contributed by atoms with van der Waals surface area (Å²) in [6.07, 6.45) is 3.97. The van der Waals surface area contributed by atoms with E-state index in [9.17, 15) is 4.79 Å². The number of hydrogen-bond donors (Lipinski definition) is 2. The number of nitrogens with zero attached hydrogens (tertiary/aromatic N) is 1. The van der Waals surface area contributed by atoms with Crippen LogP contribution in [0.15, 0.2) is 12.7 Å². The van der Waals surface area contributed by atoms with Gasteiger partial charge in [-0.05, 0) is 19.3 Å². The fourth-order valence-electron chi connectivity index (χ4n) is 1.81. The second kappa shape index (κ2) is 5.12. The number of carbonyl (C=O) groups is 1. The van der Waals surface area contributed by atoms with Crippen molar-refractivity contribution in [1.29, 1.82) is 0 Å². The van der Waals surface area contributed by atoms with Crippen molar-refractivity contribution in [3.05, 3.63) is 12.7 Å². The number of carbonyl (C=O) groups excluding carboxylic acids is 1. The van der Waals surface area contributed by atoms with Gasteiger partial charge in [0.05, 0.1) is 18.7 Å². The van der Waals surface area contributed by atoms with Crippen LogP contribution < -0.4 is 5.73 Å². The van der Waals surface area contributed by atoms with Gasteiger partial charge in [-0.15, -0.1) is 6.58 Å². The molecule has 14 heavy (non-hydrogen) atoms. The van der Waals surface area contributed by atoms with Crippen LogP contribution in [0.3, 0.4) is 0 Å². The Bertz CT molecular complexity index is 218. The zero-order chi connectivity index (χ0) is 10.6. The fraction of sp³-hybridized carbons (Fsp3) is 0.700. The zero-order valence-corrected chi connectivity index (χ0v) is 8.35. The molecule has 0 aromatic carbocycles. The Morgan fingerprint density at radius 1 is 1.79 bits per heavy atom. The number of hydrogen-bond acceptors (Lipinski definition) is 3. The summed E-state index contributed by atoms with van der Waals surface area (Å²) in [4.78, 5) is 13.4. The van der Waals surface area contributed by atoms with E-state index in [1.165, 1.54) is 0 Å². The van der Waals surface area contributed by atoms with E-state index < -0.39 is 6.04 Å². The summed E-state index contributed by atoms with van der Waals surface area (Å²) in [7, 11) is 0. The van der Waals surface area contributed by atoms with Gasteiger partial charge in [0.2, 0.25) is 5.91 Å². The lowest BCUT2D eigenvalue weighted by Gasteiger charge is -2.25. The van der Waals surface area contributed by atoms with Crippen molar-refractivity contribution >= 4 is 5.91 Å².